The fourth-order valence-electron chi connectivity index (χ4n) is 1.86. The van der Waals surface area contributed by atoms with Crippen LogP contribution in [0.3, 0.4) is 0 Å². The van der Waals surface area contributed by atoms with Gasteiger partial charge in [-0.05, 0) is 47.4 Å². The van der Waals surface area contributed by atoms with Crippen molar-refractivity contribution in [1.82, 2.24) is 14.6 Å². The number of nitrogens with zero attached hydrogens (tertiary/aromatic N) is 3. The van der Waals surface area contributed by atoms with Crippen LogP contribution in [0.4, 0.5) is 0 Å². The molecule has 0 aromatic carbocycles. The second kappa shape index (κ2) is 6.12. The van der Waals surface area contributed by atoms with E-state index in [2.05, 4.69) is 26.1 Å². The first-order valence-electron chi connectivity index (χ1n) is 6.00. The molecular weight excluding hydrogens is 280 g/mol. The third-order valence-electron chi connectivity index (χ3n) is 2.79. The Morgan fingerprint density at radius 1 is 1.12 bits per heavy atom. The van der Waals surface area contributed by atoms with Crippen molar-refractivity contribution in [1.29, 1.82) is 0 Å². The van der Waals surface area contributed by atoms with Crippen LogP contribution in [0.25, 0.3) is 5.65 Å². The van der Waals surface area contributed by atoms with Gasteiger partial charge in [-0.3, -0.25) is 4.40 Å². The molecule has 2 heterocycles. The van der Waals surface area contributed by atoms with E-state index in [-0.39, 0.29) is 0 Å². The van der Waals surface area contributed by atoms with Crippen molar-refractivity contribution in [3.63, 3.8) is 0 Å². The molecule has 0 atom stereocenters. The zero-order valence-electron chi connectivity index (χ0n) is 9.77. The number of rotatable bonds is 6. The van der Waals surface area contributed by atoms with Gasteiger partial charge in [-0.2, -0.15) is 0 Å². The highest BCUT2D eigenvalue weighted by molar-refractivity contribution is 9.10. The molecule has 0 unspecified atom stereocenters. The number of aromatic nitrogens is 3. The molecule has 0 bridgehead atoms. The van der Waals surface area contributed by atoms with Crippen molar-refractivity contribution in [3.05, 3.63) is 28.6 Å². The van der Waals surface area contributed by atoms with Gasteiger partial charge in [0.2, 0.25) is 0 Å². The van der Waals surface area contributed by atoms with E-state index < -0.39 is 0 Å². The van der Waals surface area contributed by atoms with Crippen molar-refractivity contribution < 1.29 is 0 Å². The van der Waals surface area contributed by atoms with Crippen LogP contribution in [0.2, 0.25) is 0 Å². The van der Waals surface area contributed by atoms with Gasteiger partial charge in [0.1, 0.15) is 5.82 Å². The molecule has 0 spiro atoms. The Morgan fingerprint density at radius 2 is 1.94 bits per heavy atom. The SMILES string of the molecule is NCCCCCCc1nnc2ccc(Br)cn12. The summed E-state index contributed by atoms with van der Waals surface area (Å²) in [5, 5.41) is 8.37. The first-order valence-corrected chi connectivity index (χ1v) is 6.80. The van der Waals surface area contributed by atoms with Crippen LogP contribution in [-0.4, -0.2) is 21.1 Å². The van der Waals surface area contributed by atoms with Crippen molar-refractivity contribution in [2.75, 3.05) is 6.54 Å². The lowest BCUT2D eigenvalue weighted by atomic mass is 10.1. The van der Waals surface area contributed by atoms with Gasteiger partial charge in [-0.15, -0.1) is 10.2 Å². The van der Waals surface area contributed by atoms with E-state index >= 15 is 0 Å². The molecule has 0 aliphatic rings. The molecule has 92 valence electrons. The Hall–Kier alpha value is -0.940. The monoisotopic (exact) mass is 296 g/mol. The second-order valence-electron chi connectivity index (χ2n) is 4.14. The first kappa shape index (κ1) is 12.5. The maximum atomic E-state index is 5.46. The first-order chi connectivity index (χ1) is 8.31. The minimum atomic E-state index is 0.792. The van der Waals surface area contributed by atoms with Crippen molar-refractivity contribution in [2.45, 2.75) is 32.1 Å². The largest absolute Gasteiger partial charge is 0.330 e. The summed E-state index contributed by atoms with van der Waals surface area (Å²) in [6.45, 7) is 0.792. The number of hydrogen-bond donors (Lipinski definition) is 1. The van der Waals surface area contributed by atoms with Gasteiger partial charge in [-0.1, -0.05) is 12.8 Å². The number of halogens is 1. The molecule has 0 aliphatic carbocycles. The molecule has 4 nitrogen and oxygen atoms in total. The Balaban J connectivity index is 1.96. The van der Waals surface area contributed by atoms with E-state index in [1.54, 1.807) is 0 Å². The molecular formula is C12H17BrN4. The summed E-state index contributed by atoms with van der Waals surface area (Å²) in [6.07, 6.45) is 7.67. The van der Waals surface area contributed by atoms with Crippen molar-refractivity contribution >= 4 is 21.6 Å². The van der Waals surface area contributed by atoms with Crippen LogP contribution in [-0.2, 0) is 6.42 Å². The molecule has 5 heteroatoms. The van der Waals surface area contributed by atoms with E-state index in [9.17, 15) is 0 Å². The average molecular weight is 297 g/mol. The minimum absolute atomic E-state index is 0.792. The predicted molar refractivity (Wildman–Crippen MR) is 71.9 cm³/mol. The van der Waals surface area contributed by atoms with Crippen LogP contribution in [0.5, 0.6) is 0 Å². The number of unbranched alkanes of at least 4 members (excludes halogenated alkanes) is 3. The van der Waals surface area contributed by atoms with E-state index in [4.69, 9.17) is 5.73 Å². The smallest absolute Gasteiger partial charge is 0.160 e. The second-order valence-corrected chi connectivity index (χ2v) is 5.06. The van der Waals surface area contributed by atoms with E-state index in [1.165, 1.54) is 12.8 Å². The highest BCUT2D eigenvalue weighted by atomic mass is 79.9. The number of hydrogen-bond acceptors (Lipinski definition) is 3. The molecule has 0 fully saturated rings. The standard InChI is InChI=1S/C12H17BrN4/c13-10-6-7-12-16-15-11(17(12)9-10)5-3-1-2-4-8-14/h6-7,9H,1-5,8,14H2. The Labute approximate surface area is 109 Å². The quantitative estimate of drug-likeness (QED) is 0.834. The van der Waals surface area contributed by atoms with E-state index in [0.29, 0.717) is 0 Å². The predicted octanol–water partition coefficient (Wildman–Crippen LogP) is 2.55. The molecule has 2 N–H and O–H groups in total. The van der Waals surface area contributed by atoms with Gasteiger partial charge in [0.25, 0.3) is 0 Å². The zero-order chi connectivity index (χ0) is 12.1. The maximum absolute atomic E-state index is 5.46. The Bertz CT molecular complexity index is 480. The topological polar surface area (TPSA) is 56.2 Å². The normalized spacial score (nSPS) is 11.2. The highest BCUT2D eigenvalue weighted by Gasteiger charge is 2.04. The number of fused-ring (bicyclic) bond motifs is 1. The molecule has 2 rings (SSSR count). The van der Waals surface area contributed by atoms with Gasteiger partial charge in [0.15, 0.2) is 5.65 Å². The summed E-state index contributed by atoms with van der Waals surface area (Å²) in [7, 11) is 0. The van der Waals surface area contributed by atoms with Gasteiger partial charge in [-0.25, -0.2) is 0 Å². The van der Waals surface area contributed by atoms with Gasteiger partial charge < -0.3 is 5.73 Å². The molecule has 0 radical (unpaired) electrons. The lowest BCUT2D eigenvalue weighted by molar-refractivity contribution is 0.633. The maximum Gasteiger partial charge on any atom is 0.160 e. The third-order valence-corrected chi connectivity index (χ3v) is 3.26. The molecule has 17 heavy (non-hydrogen) atoms. The number of pyridine rings is 1. The van der Waals surface area contributed by atoms with Crippen LogP contribution >= 0.6 is 15.9 Å². The van der Waals surface area contributed by atoms with Crippen LogP contribution in [0.1, 0.15) is 31.5 Å². The average Bonchev–Trinajstić information content (AvgIpc) is 2.72. The molecule has 0 saturated heterocycles. The van der Waals surface area contributed by atoms with Crippen molar-refractivity contribution in [2.24, 2.45) is 5.73 Å². The van der Waals surface area contributed by atoms with Gasteiger partial charge >= 0.3 is 0 Å². The summed E-state index contributed by atoms with van der Waals surface area (Å²) in [5.41, 5.74) is 6.37. The lowest BCUT2D eigenvalue weighted by Crippen LogP contribution is -1.99. The third kappa shape index (κ3) is 3.26. The fourth-order valence-corrected chi connectivity index (χ4v) is 2.20. The lowest BCUT2D eigenvalue weighted by Gasteiger charge is -2.00. The van der Waals surface area contributed by atoms with Crippen LogP contribution in [0.15, 0.2) is 22.8 Å². The molecule has 0 amide bonds. The van der Waals surface area contributed by atoms with Gasteiger partial charge in [0.05, 0.1) is 0 Å². The zero-order valence-corrected chi connectivity index (χ0v) is 11.4. The number of aryl methyl sites for hydroxylation is 1. The molecule has 2 aromatic heterocycles. The summed E-state index contributed by atoms with van der Waals surface area (Å²) < 4.78 is 3.10. The molecule has 0 saturated carbocycles. The van der Waals surface area contributed by atoms with Crippen molar-refractivity contribution in [3.8, 4) is 0 Å². The summed E-state index contributed by atoms with van der Waals surface area (Å²) in [4.78, 5) is 0. The number of nitrogens with two attached hydrogens (primary N) is 1. The van der Waals surface area contributed by atoms with Crippen LogP contribution in [0, 0.1) is 0 Å². The van der Waals surface area contributed by atoms with Crippen LogP contribution < -0.4 is 5.73 Å². The van der Waals surface area contributed by atoms with E-state index in [0.717, 1.165) is 41.8 Å². The molecule has 0 aliphatic heterocycles. The summed E-state index contributed by atoms with van der Waals surface area (Å²) >= 11 is 3.46. The molecule has 2 aromatic rings. The van der Waals surface area contributed by atoms with Gasteiger partial charge in [0, 0.05) is 17.1 Å². The minimum Gasteiger partial charge on any atom is -0.330 e. The Kier molecular flexibility index (Phi) is 4.50. The fraction of sp³-hybridized carbons (Fsp3) is 0.500. The Morgan fingerprint density at radius 3 is 2.76 bits per heavy atom. The summed E-state index contributed by atoms with van der Waals surface area (Å²) in [5.74, 6) is 1.04. The summed E-state index contributed by atoms with van der Waals surface area (Å²) in [6, 6.07) is 3.95. The van der Waals surface area contributed by atoms with E-state index in [1.807, 2.05) is 22.7 Å². The highest BCUT2D eigenvalue weighted by Crippen LogP contribution is 2.13.